The van der Waals surface area contributed by atoms with Crippen LogP contribution in [-0.4, -0.2) is 41.4 Å². The lowest BCUT2D eigenvalue weighted by molar-refractivity contribution is -0.153. The fourth-order valence-electron chi connectivity index (χ4n) is 5.73. The summed E-state index contributed by atoms with van der Waals surface area (Å²) in [4.78, 5) is 30.1. The lowest BCUT2D eigenvalue weighted by Crippen LogP contribution is -2.47. The first-order valence-corrected chi connectivity index (χ1v) is 12.7. The Hall–Kier alpha value is -3.13. The van der Waals surface area contributed by atoms with Gasteiger partial charge in [0.2, 0.25) is 0 Å². The van der Waals surface area contributed by atoms with Crippen molar-refractivity contribution in [3.8, 4) is 22.1 Å². The van der Waals surface area contributed by atoms with Crippen LogP contribution in [0, 0.1) is 17.3 Å². The largest absolute Gasteiger partial charge is 0.497 e. The summed E-state index contributed by atoms with van der Waals surface area (Å²) < 4.78 is 10.8. The van der Waals surface area contributed by atoms with Gasteiger partial charge in [0.25, 0.3) is 0 Å². The highest BCUT2D eigenvalue weighted by Gasteiger charge is 2.53. The first-order valence-electron chi connectivity index (χ1n) is 11.8. The zero-order valence-corrected chi connectivity index (χ0v) is 21.3. The number of aromatic nitrogens is 1. The van der Waals surface area contributed by atoms with E-state index in [0.29, 0.717) is 33.3 Å². The van der Waals surface area contributed by atoms with E-state index in [1.54, 1.807) is 34.1 Å². The summed E-state index contributed by atoms with van der Waals surface area (Å²) in [5.41, 5.74) is 1.42. The predicted octanol–water partition coefficient (Wildman–Crippen LogP) is 5.91. The highest BCUT2D eigenvalue weighted by atomic mass is 32.1. The van der Waals surface area contributed by atoms with Crippen LogP contribution in [0.2, 0.25) is 0 Å². The average Bonchev–Trinajstić information content (AvgIpc) is 3.34. The van der Waals surface area contributed by atoms with Gasteiger partial charge in [-0.3, -0.25) is 4.79 Å². The van der Waals surface area contributed by atoms with Crippen LogP contribution in [0.5, 0.6) is 11.5 Å². The molecule has 2 N–H and O–H groups in total. The van der Waals surface area contributed by atoms with E-state index < -0.39 is 23.3 Å². The number of carbonyl (C=O) groups is 2. The number of aliphatic carboxylic acids is 2. The van der Waals surface area contributed by atoms with Crippen LogP contribution in [-0.2, 0) is 9.59 Å². The van der Waals surface area contributed by atoms with Crippen LogP contribution in [0.1, 0.15) is 51.6 Å². The monoisotopic (exact) mass is 497 g/mol. The van der Waals surface area contributed by atoms with Crippen molar-refractivity contribution in [2.75, 3.05) is 14.2 Å². The van der Waals surface area contributed by atoms with Crippen LogP contribution < -0.4 is 9.47 Å². The number of ether oxygens (including phenoxy) is 2. The standard InChI is InChI=1S/C27H31NO6S/c1-15-21(22-14-35-24(28-22)17-10-19(33-3)12-20(11-17)34-4)13-27(26(31)32,16(2)23(15)25(29)30)18-8-6-5-7-9-18/h10-14,16,18H,5-9H2,1-4H3,(H,29,30)(H,31,32). The van der Waals surface area contributed by atoms with Gasteiger partial charge in [0.15, 0.2) is 0 Å². The minimum atomic E-state index is -1.29. The van der Waals surface area contributed by atoms with Gasteiger partial charge in [0.1, 0.15) is 16.5 Å². The first-order chi connectivity index (χ1) is 16.7. The second-order valence-corrected chi connectivity index (χ2v) is 10.2. The number of allylic oxidation sites excluding steroid dienone is 2. The third-order valence-corrected chi connectivity index (χ3v) is 8.49. The topological polar surface area (TPSA) is 106 Å². The van der Waals surface area contributed by atoms with Gasteiger partial charge in [-0.2, -0.15) is 0 Å². The molecule has 1 fully saturated rings. The smallest absolute Gasteiger partial charge is 0.332 e. The second-order valence-electron chi connectivity index (χ2n) is 9.34. The Morgan fingerprint density at radius 2 is 1.69 bits per heavy atom. The van der Waals surface area contributed by atoms with Gasteiger partial charge in [-0.05, 0) is 43.4 Å². The first kappa shape index (κ1) is 25.0. The van der Waals surface area contributed by atoms with Crippen LogP contribution in [0.3, 0.4) is 0 Å². The molecule has 2 aromatic rings. The summed E-state index contributed by atoms with van der Waals surface area (Å²) in [6, 6.07) is 5.50. The summed E-state index contributed by atoms with van der Waals surface area (Å²) in [5, 5.41) is 23.3. The molecule has 2 aliphatic rings. The lowest BCUT2D eigenvalue weighted by atomic mass is 9.57. The minimum absolute atomic E-state index is 0.123. The lowest BCUT2D eigenvalue weighted by Gasteiger charge is -2.44. The average molecular weight is 498 g/mol. The van der Waals surface area contributed by atoms with E-state index in [0.717, 1.165) is 37.7 Å². The molecule has 0 aliphatic heterocycles. The molecule has 8 heteroatoms. The summed E-state index contributed by atoms with van der Waals surface area (Å²) in [5.74, 6) is -1.54. The molecule has 2 aliphatic carbocycles. The molecule has 1 saturated carbocycles. The summed E-state index contributed by atoms with van der Waals surface area (Å²) in [6.45, 7) is 3.50. The summed E-state index contributed by atoms with van der Waals surface area (Å²) in [7, 11) is 3.16. The van der Waals surface area contributed by atoms with Gasteiger partial charge in [-0.15, -0.1) is 11.3 Å². The van der Waals surface area contributed by atoms with Crippen molar-refractivity contribution in [1.29, 1.82) is 0 Å². The molecular formula is C27H31NO6S. The van der Waals surface area contributed by atoms with E-state index in [-0.39, 0.29) is 11.5 Å². The number of nitrogens with zero attached hydrogens (tertiary/aromatic N) is 1. The van der Waals surface area contributed by atoms with E-state index in [9.17, 15) is 19.8 Å². The third kappa shape index (κ3) is 4.35. The fourth-order valence-corrected chi connectivity index (χ4v) is 6.53. The zero-order valence-electron chi connectivity index (χ0n) is 20.5. The maximum atomic E-state index is 12.9. The van der Waals surface area contributed by atoms with Crippen molar-refractivity contribution in [2.45, 2.75) is 46.0 Å². The van der Waals surface area contributed by atoms with Gasteiger partial charge < -0.3 is 19.7 Å². The molecule has 0 amide bonds. The number of hydrogen-bond acceptors (Lipinski definition) is 6. The Bertz CT molecular complexity index is 1180. The van der Waals surface area contributed by atoms with Gasteiger partial charge in [0.05, 0.1) is 25.3 Å². The number of carboxylic acids is 2. The van der Waals surface area contributed by atoms with Gasteiger partial charge in [-0.1, -0.05) is 32.3 Å². The summed E-state index contributed by atoms with van der Waals surface area (Å²) >= 11 is 1.41. The highest BCUT2D eigenvalue weighted by molar-refractivity contribution is 7.13. The van der Waals surface area contributed by atoms with E-state index >= 15 is 0 Å². The van der Waals surface area contributed by atoms with Crippen molar-refractivity contribution >= 4 is 28.8 Å². The number of carboxylic acid groups (broad SMARTS) is 2. The Balaban J connectivity index is 1.86. The Kier molecular flexibility index (Phi) is 7.03. The molecule has 4 rings (SSSR count). The van der Waals surface area contributed by atoms with Gasteiger partial charge >= 0.3 is 11.9 Å². The van der Waals surface area contributed by atoms with E-state index in [1.165, 1.54) is 11.3 Å². The molecule has 0 saturated heterocycles. The molecule has 1 aromatic heterocycles. The minimum Gasteiger partial charge on any atom is -0.497 e. The molecular weight excluding hydrogens is 466 g/mol. The zero-order chi connectivity index (χ0) is 25.3. The number of methoxy groups -OCH3 is 2. The van der Waals surface area contributed by atoms with Crippen LogP contribution >= 0.6 is 11.3 Å². The normalized spacial score (nSPS) is 23.1. The molecule has 0 spiro atoms. The molecule has 2 atom stereocenters. The van der Waals surface area contributed by atoms with Crippen LogP contribution in [0.15, 0.2) is 40.8 Å². The predicted molar refractivity (Wildman–Crippen MR) is 135 cm³/mol. The van der Waals surface area contributed by atoms with Gasteiger partial charge in [-0.25, -0.2) is 9.78 Å². The number of benzene rings is 1. The van der Waals surface area contributed by atoms with Gasteiger partial charge in [0, 0.05) is 34.1 Å². The molecule has 35 heavy (non-hydrogen) atoms. The third-order valence-electron chi connectivity index (χ3n) is 7.60. The molecule has 0 bridgehead atoms. The molecule has 1 aromatic carbocycles. The fraction of sp³-hybridized carbons (Fsp3) is 0.444. The molecule has 0 radical (unpaired) electrons. The maximum absolute atomic E-state index is 12.9. The summed E-state index contributed by atoms with van der Waals surface area (Å²) in [6.07, 6.45) is 6.36. The van der Waals surface area contributed by atoms with Crippen LogP contribution in [0.4, 0.5) is 0 Å². The van der Waals surface area contributed by atoms with E-state index in [2.05, 4.69) is 0 Å². The molecule has 186 valence electrons. The second kappa shape index (κ2) is 9.85. The Morgan fingerprint density at radius 1 is 1.06 bits per heavy atom. The number of hydrogen-bond donors (Lipinski definition) is 2. The SMILES string of the molecule is COc1cc(OC)cc(-c2nc(C3=CC(C(=O)O)(C4CCCCC4)C(C)C(C(=O)O)=C3C)cs2)c1. The molecule has 2 unspecified atom stereocenters. The Morgan fingerprint density at radius 3 is 2.23 bits per heavy atom. The molecule has 7 nitrogen and oxygen atoms in total. The Labute approximate surface area is 209 Å². The van der Waals surface area contributed by atoms with Crippen LogP contribution in [0.25, 0.3) is 16.1 Å². The number of rotatable bonds is 7. The highest BCUT2D eigenvalue weighted by Crippen LogP contribution is 2.53. The van der Waals surface area contributed by atoms with Crippen molar-refractivity contribution in [2.24, 2.45) is 17.3 Å². The maximum Gasteiger partial charge on any atom is 0.332 e. The van der Waals surface area contributed by atoms with Crippen molar-refractivity contribution in [1.82, 2.24) is 4.98 Å². The van der Waals surface area contributed by atoms with Crippen molar-refractivity contribution < 1.29 is 29.3 Å². The quantitative estimate of drug-likeness (QED) is 0.489. The van der Waals surface area contributed by atoms with Crippen molar-refractivity contribution in [3.05, 3.63) is 46.5 Å². The van der Waals surface area contributed by atoms with E-state index in [1.807, 2.05) is 23.6 Å². The molecule has 1 heterocycles. The number of thiazole rings is 1. The van der Waals surface area contributed by atoms with E-state index in [4.69, 9.17) is 14.5 Å². The van der Waals surface area contributed by atoms with Crippen molar-refractivity contribution in [3.63, 3.8) is 0 Å².